The van der Waals surface area contributed by atoms with E-state index in [0.29, 0.717) is 0 Å². The average molecular weight is 234 g/mol. The van der Waals surface area contributed by atoms with E-state index in [2.05, 4.69) is 20.8 Å². The fraction of sp³-hybridized carbons (Fsp3) is 1.00. The van der Waals surface area contributed by atoms with E-state index in [1.165, 1.54) is 25.8 Å². The highest BCUT2D eigenvalue weighted by Gasteiger charge is 2.34. The molecule has 2 nitrogen and oxygen atoms in total. The molecule has 1 atom stereocenters. The van der Waals surface area contributed by atoms with Gasteiger partial charge in [0.15, 0.2) is 0 Å². The molecule has 1 aliphatic carbocycles. The molecule has 3 heteroatoms. The Balaban J connectivity index is 1.85. The minimum atomic E-state index is 0.718. The summed E-state index contributed by atoms with van der Waals surface area (Å²) in [6, 6.07) is 1.60. The van der Waals surface area contributed by atoms with Gasteiger partial charge in [-0.05, 0) is 19.3 Å². The van der Waals surface area contributed by atoms with Crippen molar-refractivity contribution in [2.24, 2.45) is 0 Å². The molecule has 0 aromatic heterocycles. The van der Waals surface area contributed by atoms with Crippen LogP contribution in [-0.4, -0.2) is 42.1 Å². The maximum Gasteiger partial charge on any atom is 0.0622 e. The summed E-state index contributed by atoms with van der Waals surface area (Å²) in [6.45, 7) is 3.12. The molecule has 70 valence electrons. The Hall–Kier alpha value is 0.400. The van der Waals surface area contributed by atoms with Crippen LogP contribution in [0.15, 0.2) is 0 Å². The minimum absolute atomic E-state index is 0.718. The van der Waals surface area contributed by atoms with Crippen molar-refractivity contribution in [3.63, 3.8) is 0 Å². The standard InChI is InChI=1S/C9H16BrNO/c10-4-5-11(8-1-2-8)9-3-6-12-7-9/h8-9H,1-7H2. The van der Waals surface area contributed by atoms with Crippen molar-refractivity contribution < 1.29 is 4.74 Å². The molecule has 0 aromatic rings. The van der Waals surface area contributed by atoms with E-state index in [-0.39, 0.29) is 0 Å². The van der Waals surface area contributed by atoms with E-state index in [0.717, 1.165) is 30.6 Å². The Bertz CT molecular complexity index is 143. The van der Waals surface area contributed by atoms with Crippen LogP contribution in [0, 0.1) is 0 Å². The van der Waals surface area contributed by atoms with Crippen molar-refractivity contribution in [3.8, 4) is 0 Å². The third kappa shape index (κ3) is 2.01. The van der Waals surface area contributed by atoms with Crippen molar-refractivity contribution >= 4 is 15.9 Å². The monoisotopic (exact) mass is 233 g/mol. The highest BCUT2D eigenvalue weighted by molar-refractivity contribution is 9.09. The van der Waals surface area contributed by atoms with Crippen LogP contribution in [0.4, 0.5) is 0 Å². The highest BCUT2D eigenvalue weighted by atomic mass is 79.9. The number of ether oxygens (including phenoxy) is 1. The third-order valence-corrected chi connectivity index (χ3v) is 3.09. The Kier molecular flexibility index (Phi) is 3.05. The number of alkyl halides is 1. The smallest absolute Gasteiger partial charge is 0.0622 e. The molecule has 12 heavy (non-hydrogen) atoms. The second kappa shape index (κ2) is 4.07. The van der Waals surface area contributed by atoms with Gasteiger partial charge in [0.1, 0.15) is 0 Å². The Morgan fingerprint density at radius 2 is 2.08 bits per heavy atom. The molecule has 1 unspecified atom stereocenters. The van der Waals surface area contributed by atoms with Gasteiger partial charge in [-0.2, -0.15) is 0 Å². The molecular formula is C9H16BrNO. The average Bonchev–Trinajstić information content (AvgIpc) is 2.77. The van der Waals surface area contributed by atoms with Crippen molar-refractivity contribution in [3.05, 3.63) is 0 Å². The summed E-state index contributed by atoms with van der Waals surface area (Å²) in [7, 11) is 0. The van der Waals surface area contributed by atoms with Crippen LogP contribution in [-0.2, 0) is 4.74 Å². The quantitative estimate of drug-likeness (QED) is 0.685. The van der Waals surface area contributed by atoms with E-state index in [1.54, 1.807) is 0 Å². The molecule has 1 heterocycles. The SMILES string of the molecule is BrCCN(C1CC1)C1CCOC1. The predicted molar refractivity (Wildman–Crippen MR) is 52.7 cm³/mol. The Morgan fingerprint density at radius 3 is 2.58 bits per heavy atom. The van der Waals surface area contributed by atoms with Gasteiger partial charge in [-0.25, -0.2) is 0 Å². The molecule has 1 saturated heterocycles. The summed E-state index contributed by atoms with van der Waals surface area (Å²) in [4.78, 5) is 2.63. The molecule has 1 saturated carbocycles. The molecule has 0 bridgehead atoms. The van der Waals surface area contributed by atoms with Gasteiger partial charge in [-0.3, -0.25) is 4.90 Å². The Labute approximate surface area is 82.4 Å². The molecule has 0 N–H and O–H groups in total. The first-order valence-corrected chi connectivity index (χ1v) is 5.93. The topological polar surface area (TPSA) is 12.5 Å². The van der Waals surface area contributed by atoms with Crippen LogP contribution < -0.4 is 0 Å². The predicted octanol–water partition coefficient (Wildman–Crippen LogP) is 1.63. The van der Waals surface area contributed by atoms with Gasteiger partial charge in [-0.15, -0.1) is 0 Å². The molecule has 0 amide bonds. The van der Waals surface area contributed by atoms with Crippen LogP contribution in [0.5, 0.6) is 0 Å². The molecule has 0 spiro atoms. The maximum absolute atomic E-state index is 5.41. The number of nitrogens with zero attached hydrogens (tertiary/aromatic N) is 1. The summed E-state index contributed by atoms with van der Waals surface area (Å²) in [5.74, 6) is 0. The van der Waals surface area contributed by atoms with Crippen LogP contribution in [0.3, 0.4) is 0 Å². The maximum atomic E-state index is 5.41. The lowest BCUT2D eigenvalue weighted by Gasteiger charge is -2.26. The van der Waals surface area contributed by atoms with Crippen LogP contribution in [0.2, 0.25) is 0 Å². The minimum Gasteiger partial charge on any atom is -0.380 e. The summed E-state index contributed by atoms with van der Waals surface area (Å²) in [6.07, 6.45) is 4.05. The van der Waals surface area contributed by atoms with E-state index in [9.17, 15) is 0 Å². The number of hydrogen-bond donors (Lipinski definition) is 0. The third-order valence-electron chi connectivity index (χ3n) is 2.73. The largest absolute Gasteiger partial charge is 0.380 e. The zero-order valence-corrected chi connectivity index (χ0v) is 8.92. The van der Waals surface area contributed by atoms with Gasteiger partial charge in [0.25, 0.3) is 0 Å². The van der Waals surface area contributed by atoms with E-state index in [4.69, 9.17) is 4.74 Å². The number of halogens is 1. The number of rotatable bonds is 4. The first-order chi connectivity index (χ1) is 5.92. The van der Waals surface area contributed by atoms with Gasteiger partial charge in [0, 0.05) is 30.6 Å². The van der Waals surface area contributed by atoms with Gasteiger partial charge in [0.05, 0.1) is 6.61 Å². The molecule has 1 aliphatic heterocycles. The number of hydrogen-bond acceptors (Lipinski definition) is 2. The highest BCUT2D eigenvalue weighted by Crippen LogP contribution is 2.30. The lowest BCUT2D eigenvalue weighted by atomic mass is 10.2. The van der Waals surface area contributed by atoms with E-state index < -0.39 is 0 Å². The molecular weight excluding hydrogens is 218 g/mol. The fourth-order valence-corrected chi connectivity index (χ4v) is 2.36. The van der Waals surface area contributed by atoms with Crippen molar-refractivity contribution in [2.75, 3.05) is 25.1 Å². The van der Waals surface area contributed by atoms with Gasteiger partial charge < -0.3 is 4.74 Å². The second-order valence-corrected chi connectivity index (χ2v) is 4.47. The molecule has 0 aromatic carbocycles. The van der Waals surface area contributed by atoms with Gasteiger partial charge in [-0.1, -0.05) is 15.9 Å². The van der Waals surface area contributed by atoms with Crippen LogP contribution in [0.1, 0.15) is 19.3 Å². The van der Waals surface area contributed by atoms with Gasteiger partial charge >= 0.3 is 0 Å². The lowest BCUT2D eigenvalue weighted by molar-refractivity contribution is 0.143. The summed E-state index contributed by atoms with van der Waals surface area (Å²) < 4.78 is 5.41. The second-order valence-electron chi connectivity index (χ2n) is 3.68. The molecule has 0 radical (unpaired) electrons. The summed E-state index contributed by atoms with van der Waals surface area (Å²) >= 11 is 3.51. The normalized spacial score (nSPS) is 30.0. The van der Waals surface area contributed by atoms with Crippen molar-refractivity contribution in [1.82, 2.24) is 4.90 Å². The lowest BCUT2D eigenvalue weighted by Crippen LogP contribution is -2.38. The zero-order valence-electron chi connectivity index (χ0n) is 7.34. The van der Waals surface area contributed by atoms with E-state index in [1.807, 2.05) is 0 Å². The molecule has 2 aliphatic rings. The van der Waals surface area contributed by atoms with Crippen LogP contribution >= 0.6 is 15.9 Å². The first kappa shape index (κ1) is 8.97. The molecule has 2 rings (SSSR count). The van der Waals surface area contributed by atoms with Crippen molar-refractivity contribution in [1.29, 1.82) is 0 Å². The van der Waals surface area contributed by atoms with Crippen LogP contribution in [0.25, 0.3) is 0 Å². The summed E-state index contributed by atoms with van der Waals surface area (Å²) in [5, 5.41) is 1.10. The zero-order chi connectivity index (χ0) is 8.39. The fourth-order valence-electron chi connectivity index (χ4n) is 1.95. The van der Waals surface area contributed by atoms with Gasteiger partial charge in [0.2, 0.25) is 0 Å². The van der Waals surface area contributed by atoms with E-state index >= 15 is 0 Å². The van der Waals surface area contributed by atoms with Crippen molar-refractivity contribution in [2.45, 2.75) is 31.3 Å². The summed E-state index contributed by atoms with van der Waals surface area (Å²) in [5.41, 5.74) is 0. The Morgan fingerprint density at radius 1 is 1.25 bits per heavy atom. The molecule has 2 fully saturated rings. The first-order valence-electron chi connectivity index (χ1n) is 4.81.